The summed E-state index contributed by atoms with van der Waals surface area (Å²) in [5.41, 5.74) is 0. The summed E-state index contributed by atoms with van der Waals surface area (Å²) in [6, 6.07) is 0. The van der Waals surface area contributed by atoms with Crippen molar-refractivity contribution in [3.63, 3.8) is 0 Å². The Hall–Kier alpha value is 0.210. The van der Waals surface area contributed by atoms with Crippen molar-refractivity contribution in [2.45, 2.75) is 12.8 Å². The molecule has 0 saturated carbocycles. The van der Waals surface area contributed by atoms with E-state index in [-0.39, 0.29) is 36.0 Å². The van der Waals surface area contributed by atoms with Crippen LogP contribution in [-0.4, -0.2) is 40.6 Å². The van der Waals surface area contributed by atoms with Crippen molar-refractivity contribution >= 4 is 35.5 Å². The van der Waals surface area contributed by atoms with Gasteiger partial charge >= 0.3 is 35.5 Å². The zero-order valence-corrected chi connectivity index (χ0v) is 4.05. The Labute approximate surface area is 70.9 Å². The van der Waals surface area contributed by atoms with E-state index in [4.69, 9.17) is 5.11 Å². The van der Waals surface area contributed by atoms with Crippen LogP contribution in [0.5, 0.6) is 0 Å². The summed E-state index contributed by atoms with van der Waals surface area (Å²) in [5, 5.41) is 8.00. The van der Waals surface area contributed by atoms with Gasteiger partial charge in [0.15, 0.2) is 0 Å². The summed E-state index contributed by atoms with van der Waals surface area (Å²) in [4.78, 5) is 9.71. The van der Waals surface area contributed by atoms with E-state index < -0.39 is 5.97 Å². The fourth-order valence-corrected chi connectivity index (χ4v) is 0.226. The number of carboxylic acids is 1. The number of hydrogen-bond donors (Lipinski definition) is 1. The third-order valence-corrected chi connectivity index (χ3v) is 0.562. The fourth-order valence-electron chi connectivity index (χ4n) is 0.226. The Morgan fingerprint density at radius 1 is 1.75 bits per heavy atom. The normalized spacial score (nSPS) is 7.00. The van der Waals surface area contributed by atoms with Crippen LogP contribution in [0.3, 0.4) is 0 Å². The minimum atomic E-state index is -0.764. The van der Waals surface area contributed by atoms with Gasteiger partial charge in [-0.05, 0) is 6.42 Å². The summed E-state index contributed by atoms with van der Waals surface area (Å²) in [7, 11) is 0. The van der Waals surface area contributed by atoms with Gasteiger partial charge in [0.05, 0.1) is 0 Å². The molecule has 0 aliphatic heterocycles. The molecule has 0 bridgehead atoms. The SMILES string of the molecule is C=CCCC(=O)O.[NaH]. The second-order valence-electron chi connectivity index (χ2n) is 1.22. The van der Waals surface area contributed by atoms with Crippen LogP contribution in [-0.2, 0) is 4.79 Å². The average molecular weight is 124 g/mol. The van der Waals surface area contributed by atoms with Gasteiger partial charge in [0.1, 0.15) is 0 Å². The number of carbonyl (C=O) groups is 1. The van der Waals surface area contributed by atoms with E-state index in [1.165, 1.54) is 0 Å². The van der Waals surface area contributed by atoms with E-state index in [9.17, 15) is 4.79 Å². The Morgan fingerprint density at radius 3 is 2.38 bits per heavy atom. The molecule has 1 N–H and O–H groups in total. The molecule has 0 amide bonds. The van der Waals surface area contributed by atoms with Gasteiger partial charge in [-0.1, -0.05) is 6.08 Å². The molecule has 0 radical (unpaired) electrons. The molecule has 0 spiro atoms. The third kappa shape index (κ3) is 9.51. The molecule has 42 valence electrons. The van der Waals surface area contributed by atoms with E-state index in [1.54, 1.807) is 6.08 Å². The zero-order chi connectivity index (χ0) is 5.70. The molecule has 0 heterocycles. The summed E-state index contributed by atoms with van der Waals surface area (Å²) in [6.07, 6.45) is 2.35. The second-order valence-corrected chi connectivity index (χ2v) is 1.22. The van der Waals surface area contributed by atoms with Crippen LogP contribution in [0.4, 0.5) is 0 Å². The van der Waals surface area contributed by atoms with Gasteiger partial charge < -0.3 is 5.11 Å². The minimum absolute atomic E-state index is 0. The first kappa shape index (κ1) is 11.1. The quantitative estimate of drug-likeness (QED) is 0.436. The predicted molar refractivity (Wildman–Crippen MR) is 34.2 cm³/mol. The topological polar surface area (TPSA) is 37.3 Å². The zero-order valence-electron chi connectivity index (χ0n) is 4.05. The number of allylic oxidation sites excluding steroid dienone is 1. The molecule has 0 unspecified atom stereocenters. The Bertz CT molecular complexity index is 80.5. The molecule has 0 atom stereocenters. The number of carboxylic acid groups (broad SMARTS) is 1. The van der Waals surface area contributed by atoms with Gasteiger partial charge in [0.2, 0.25) is 0 Å². The molecular formula is C5H9NaO2. The monoisotopic (exact) mass is 124 g/mol. The van der Waals surface area contributed by atoms with Crippen molar-refractivity contribution in [3.05, 3.63) is 12.7 Å². The van der Waals surface area contributed by atoms with Crippen LogP contribution in [0.25, 0.3) is 0 Å². The van der Waals surface area contributed by atoms with Crippen LogP contribution in [0, 0.1) is 0 Å². The van der Waals surface area contributed by atoms with Crippen LogP contribution in [0.2, 0.25) is 0 Å². The van der Waals surface area contributed by atoms with Crippen molar-refractivity contribution in [2.24, 2.45) is 0 Å². The molecule has 0 rings (SSSR count). The molecule has 0 fully saturated rings. The number of hydrogen-bond acceptors (Lipinski definition) is 1. The van der Waals surface area contributed by atoms with Gasteiger partial charge in [0, 0.05) is 6.42 Å². The first-order chi connectivity index (χ1) is 3.27. The molecule has 3 heteroatoms. The first-order valence-corrected chi connectivity index (χ1v) is 2.10. The van der Waals surface area contributed by atoms with Crippen molar-refractivity contribution in [1.29, 1.82) is 0 Å². The van der Waals surface area contributed by atoms with E-state index in [0.29, 0.717) is 6.42 Å². The van der Waals surface area contributed by atoms with Crippen molar-refractivity contribution in [3.8, 4) is 0 Å². The van der Waals surface area contributed by atoms with E-state index in [0.717, 1.165) is 0 Å². The second kappa shape index (κ2) is 7.21. The maximum atomic E-state index is 9.71. The number of aliphatic carboxylic acids is 1. The first-order valence-electron chi connectivity index (χ1n) is 2.10. The van der Waals surface area contributed by atoms with Crippen LogP contribution < -0.4 is 0 Å². The predicted octanol–water partition coefficient (Wildman–Crippen LogP) is 0.389. The number of rotatable bonds is 3. The van der Waals surface area contributed by atoms with Crippen molar-refractivity contribution in [2.75, 3.05) is 0 Å². The molecule has 0 aliphatic carbocycles. The van der Waals surface area contributed by atoms with Crippen molar-refractivity contribution < 1.29 is 9.90 Å². The Kier molecular flexibility index (Phi) is 9.97. The summed E-state index contributed by atoms with van der Waals surface area (Å²) in [5.74, 6) is -0.764. The van der Waals surface area contributed by atoms with Crippen LogP contribution >= 0.6 is 0 Å². The summed E-state index contributed by atoms with van der Waals surface area (Å²) in [6.45, 7) is 3.37. The maximum absolute atomic E-state index is 9.71. The van der Waals surface area contributed by atoms with Gasteiger partial charge in [0.25, 0.3) is 0 Å². The standard InChI is InChI=1S/C5H8O2.Na.H/c1-2-3-4-5(6)7;;/h2H,1,3-4H2,(H,6,7);;. The molecule has 8 heavy (non-hydrogen) atoms. The Balaban J connectivity index is 0. The van der Waals surface area contributed by atoms with E-state index in [2.05, 4.69) is 6.58 Å². The fraction of sp³-hybridized carbons (Fsp3) is 0.400. The van der Waals surface area contributed by atoms with E-state index in [1.807, 2.05) is 0 Å². The molecule has 0 aromatic heterocycles. The van der Waals surface area contributed by atoms with Gasteiger partial charge in [-0.2, -0.15) is 0 Å². The Morgan fingerprint density at radius 2 is 2.25 bits per heavy atom. The van der Waals surface area contributed by atoms with Crippen LogP contribution in [0.1, 0.15) is 12.8 Å². The third-order valence-electron chi connectivity index (χ3n) is 0.562. The van der Waals surface area contributed by atoms with E-state index >= 15 is 0 Å². The molecule has 2 nitrogen and oxygen atoms in total. The molecule has 0 aromatic rings. The van der Waals surface area contributed by atoms with Crippen molar-refractivity contribution in [1.82, 2.24) is 0 Å². The summed E-state index contributed by atoms with van der Waals surface area (Å²) < 4.78 is 0. The molecular weight excluding hydrogens is 115 g/mol. The average Bonchev–Trinajstić information content (AvgIpc) is 1.61. The van der Waals surface area contributed by atoms with Crippen LogP contribution in [0.15, 0.2) is 12.7 Å². The summed E-state index contributed by atoms with van der Waals surface area (Å²) >= 11 is 0. The molecule has 0 saturated heterocycles. The molecule has 0 aliphatic rings. The molecule has 0 aromatic carbocycles. The van der Waals surface area contributed by atoms with Gasteiger partial charge in [-0.25, -0.2) is 0 Å². The van der Waals surface area contributed by atoms with Gasteiger partial charge in [-0.3, -0.25) is 4.79 Å². The van der Waals surface area contributed by atoms with Gasteiger partial charge in [-0.15, -0.1) is 6.58 Å².